The highest BCUT2D eigenvalue weighted by molar-refractivity contribution is 5.90. The zero-order valence-corrected chi connectivity index (χ0v) is 15.3. The Labute approximate surface area is 156 Å². The number of carboxylic acid groups (broad SMARTS) is 1. The minimum atomic E-state index is -0.886. The molecule has 2 heterocycles. The van der Waals surface area contributed by atoms with Crippen molar-refractivity contribution >= 4 is 17.7 Å². The van der Waals surface area contributed by atoms with Crippen molar-refractivity contribution in [3.05, 3.63) is 59.2 Å². The average Bonchev–Trinajstić information content (AvgIpc) is 3.05. The summed E-state index contributed by atoms with van der Waals surface area (Å²) in [4.78, 5) is 34.0. The number of nitrogens with zero attached hydrogens (tertiary/aromatic N) is 5. The van der Waals surface area contributed by atoms with Crippen LogP contribution in [0.5, 0.6) is 0 Å². The van der Waals surface area contributed by atoms with Gasteiger partial charge in [0, 0.05) is 30.9 Å². The van der Waals surface area contributed by atoms with Crippen LogP contribution in [-0.4, -0.2) is 48.0 Å². The molecule has 0 saturated heterocycles. The summed E-state index contributed by atoms with van der Waals surface area (Å²) in [6.07, 6.45) is 0.356. The maximum absolute atomic E-state index is 13.0. The topological polar surface area (TPSA) is 101 Å². The lowest BCUT2D eigenvalue weighted by atomic mass is 10.2. The van der Waals surface area contributed by atoms with E-state index in [0.29, 0.717) is 25.3 Å². The fraction of sp³-hybridized carbons (Fsp3) is 0.316. The maximum Gasteiger partial charge on any atom is 0.303 e. The number of carbonyl (C=O) groups is 2. The van der Waals surface area contributed by atoms with E-state index in [1.807, 2.05) is 50.2 Å². The number of aromatic nitrogens is 4. The number of fused-ring (bicyclic) bond motifs is 1. The summed E-state index contributed by atoms with van der Waals surface area (Å²) in [5, 5.41) is 13.2. The summed E-state index contributed by atoms with van der Waals surface area (Å²) in [6, 6.07) is 11.4. The quantitative estimate of drug-likeness (QED) is 0.687. The van der Waals surface area contributed by atoms with Crippen molar-refractivity contribution in [2.75, 3.05) is 6.54 Å². The van der Waals surface area contributed by atoms with Gasteiger partial charge in [-0.3, -0.25) is 9.59 Å². The lowest BCUT2D eigenvalue weighted by molar-refractivity contribution is -0.137. The summed E-state index contributed by atoms with van der Waals surface area (Å²) in [5.41, 5.74) is 2.59. The lowest BCUT2D eigenvalue weighted by Gasteiger charge is -2.21. The van der Waals surface area contributed by atoms with Crippen LogP contribution in [0, 0.1) is 13.8 Å². The second-order valence-electron chi connectivity index (χ2n) is 6.40. The van der Waals surface area contributed by atoms with Crippen molar-refractivity contribution < 1.29 is 14.7 Å². The Kier molecular flexibility index (Phi) is 5.44. The predicted molar refractivity (Wildman–Crippen MR) is 98.3 cm³/mol. The van der Waals surface area contributed by atoms with E-state index in [1.165, 1.54) is 4.52 Å². The Hall–Kier alpha value is -3.29. The van der Waals surface area contributed by atoms with Gasteiger partial charge in [0.1, 0.15) is 0 Å². The number of carbonyl (C=O) groups excluding carboxylic acids is 1. The molecule has 27 heavy (non-hydrogen) atoms. The molecule has 3 aromatic rings. The normalized spacial score (nSPS) is 10.9. The van der Waals surface area contributed by atoms with E-state index in [9.17, 15) is 9.59 Å². The van der Waals surface area contributed by atoms with E-state index < -0.39 is 5.97 Å². The summed E-state index contributed by atoms with van der Waals surface area (Å²) in [6.45, 7) is 4.40. The molecule has 0 aliphatic rings. The molecule has 1 aromatic carbocycles. The molecule has 0 fully saturated rings. The largest absolute Gasteiger partial charge is 0.481 e. The number of hydrogen-bond acceptors (Lipinski definition) is 5. The van der Waals surface area contributed by atoms with Crippen LogP contribution in [0.25, 0.3) is 5.78 Å². The number of amides is 1. The van der Waals surface area contributed by atoms with Gasteiger partial charge in [-0.05, 0) is 31.9 Å². The molecule has 0 atom stereocenters. The number of benzene rings is 1. The predicted octanol–water partition coefficient (Wildman–Crippen LogP) is 2.25. The van der Waals surface area contributed by atoms with Crippen molar-refractivity contribution in [3.63, 3.8) is 0 Å². The third-order valence-corrected chi connectivity index (χ3v) is 4.13. The zero-order chi connectivity index (χ0) is 19.4. The minimum Gasteiger partial charge on any atom is -0.481 e. The van der Waals surface area contributed by atoms with Gasteiger partial charge in [-0.1, -0.05) is 30.3 Å². The van der Waals surface area contributed by atoms with E-state index in [1.54, 1.807) is 4.90 Å². The Bertz CT molecular complexity index is 968. The summed E-state index contributed by atoms with van der Waals surface area (Å²) in [7, 11) is 0. The van der Waals surface area contributed by atoms with E-state index in [0.717, 1.165) is 17.0 Å². The van der Waals surface area contributed by atoms with E-state index in [-0.39, 0.29) is 18.2 Å². The molecule has 140 valence electrons. The summed E-state index contributed by atoms with van der Waals surface area (Å²) < 4.78 is 1.54. The molecule has 0 saturated carbocycles. The maximum atomic E-state index is 13.0. The van der Waals surface area contributed by atoms with Gasteiger partial charge in [-0.2, -0.15) is 4.98 Å². The SMILES string of the molecule is Cc1cc(C)n2nc(C(=O)N(CCCC(=O)O)Cc3ccccc3)nc2n1. The third-order valence-electron chi connectivity index (χ3n) is 4.13. The molecule has 1 amide bonds. The van der Waals surface area contributed by atoms with Crippen LogP contribution in [0.15, 0.2) is 36.4 Å². The Morgan fingerprint density at radius 3 is 2.59 bits per heavy atom. The molecular formula is C19H21N5O3. The number of aryl methyl sites for hydroxylation is 2. The van der Waals surface area contributed by atoms with E-state index in [4.69, 9.17) is 5.11 Å². The van der Waals surface area contributed by atoms with Gasteiger partial charge in [-0.15, -0.1) is 5.10 Å². The van der Waals surface area contributed by atoms with Crippen molar-refractivity contribution in [2.45, 2.75) is 33.2 Å². The first-order valence-electron chi connectivity index (χ1n) is 8.70. The molecule has 8 nitrogen and oxygen atoms in total. The number of aliphatic carboxylic acids is 1. The van der Waals surface area contributed by atoms with Gasteiger partial charge in [0.25, 0.3) is 11.7 Å². The van der Waals surface area contributed by atoms with Gasteiger partial charge >= 0.3 is 5.97 Å². The highest BCUT2D eigenvalue weighted by Gasteiger charge is 2.22. The van der Waals surface area contributed by atoms with Crippen LogP contribution < -0.4 is 0 Å². The van der Waals surface area contributed by atoms with Crippen LogP contribution in [0.1, 0.15) is 40.4 Å². The second kappa shape index (κ2) is 7.94. The molecule has 0 spiro atoms. The first-order valence-corrected chi connectivity index (χ1v) is 8.70. The highest BCUT2D eigenvalue weighted by atomic mass is 16.4. The van der Waals surface area contributed by atoms with E-state index in [2.05, 4.69) is 15.1 Å². The summed E-state index contributed by atoms with van der Waals surface area (Å²) >= 11 is 0. The molecule has 8 heteroatoms. The molecule has 0 bridgehead atoms. The van der Waals surface area contributed by atoms with Crippen LogP contribution >= 0.6 is 0 Å². The smallest absolute Gasteiger partial charge is 0.303 e. The van der Waals surface area contributed by atoms with Gasteiger partial charge in [-0.25, -0.2) is 9.50 Å². The zero-order valence-electron chi connectivity index (χ0n) is 15.3. The van der Waals surface area contributed by atoms with Crippen molar-refractivity contribution in [3.8, 4) is 0 Å². The lowest BCUT2D eigenvalue weighted by Crippen LogP contribution is -2.32. The van der Waals surface area contributed by atoms with Crippen LogP contribution in [0.2, 0.25) is 0 Å². The van der Waals surface area contributed by atoms with Gasteiger partial charge in [0.05, 0.1) is 0 Å². The van der Waals surface area contributed by atoms with Gasteiger partial charge < -0.3 is 10.0 Å². The molecule has 0 aliphatic heterocycles. The van der Waals surface area contributed by atoms with Crippen LogP contribution in [0.4, 0.5) is 0 Å². The van der Waals surface area contributed by atoms with Crippen molar-refractivity contribution in [2.24, 2.45) is 0 Å². The molecular weight excluding hydrogens is 346 g/mol. The van der Waals surface area contributed by atoms with Gasteiger partial charge in [0.2, 0.25) is 5.82 Å². The van der Waals surface area contributed by atoms with Crippen LogP contribution in [-0.2, 0) is 11.3 Å². The third kappa shape index (κ3) is 4.46. The number of carboxylic acids is 1. The van der Waals surface area contributed by atoms with Crippen LogP contribution in [0.3, 0.4) is 0 Å². The number of rotatable bonds is 7. The average molecular weight is 367 g/mol. The van der Waals surface area contributed by atoms with E-state index >= 15 is 0 Å². The Morgan fingerprint density at radius 1 is 1.15 bits per heavy atom. The minimum absolute atomic E-state index is 0.00295. The molecule has 1 N–H and O–H groups in total. The van der Waals surface area contributed by atoms with Crippen molar-refractivity contribution in [1.29, 1.82) is 0 Å². The molecule has 3 rings (SSSR count). The molecule has 0 radical (unpaired) electrons. The highest BCUT2D eigenvalue weighted by Crippen LogP contribution is 2.12. The summed E-state index contributed by atoms with van der Waals surface area (Å²) in [5.74, 6) is -0.793. The Balaban J connectivity index is 1.86. The van der Waals surface area contributed by atoms with Gasteiger partial charge in [0.15, 0.2) is 0 Å². The number of hydrogen-bond donors (Lipinski definition) is 1. The molecule has 2 aromatic heterocycles. The fourth-order valence-corrected chi connectivity index (χ4v) is 2.88. The first kappa shape index (κ1) is 18.5. The molecule has 0 unspecified atom stereocenters. The second-order valence-corrected chi connectivity index (χ2v) is 6.40. The monoisotopic (exact) mass is 367 g/mol. The Morgan fingerprint density at radius 2 is 1.89 bits per heavy atom. The molecule has 0 aliphatic carbocycles. The van der Waals surface area contributed by atoms with Crippen molar-refractivity contribution in [1.82, 2.24) is 24.5 Å². The standard InChI is InChI=1S/C19H21N5O3/c1-13-11-14(2)24-19(20-13)21-17(22-24)18(27)23(10-6-9-16(25)26)12-15-7-4-3-5-8-15/h3-5,7-8,11H,6,9-10,12H2,1-2H3,(H,25,26). The first-order chi connectivity index (χ1) is 12.9. The fourth-order valence-electron chi connectivity index (χ4n) is 2.88.